The number of rotatable bonds is 4. The molecule has 2 fully saturated rings. The zero-order valence-corrected chi connectivity index (χ0v) is 12.4. The number of methoxy groups -OCH3 is 1. The second-order valence-electron chi connectivity index (χ2n) is 5.96. The van der Waals surface area contributed by atoms with E-state index < -0.39 is 30.6 Å². The summed E-state index contributed by atoms with van der Waals surface area (Å²) in [6.07, 6.45) is -0.676. The lowest BCUT2D eigenvalue weighted by atomic mass is 9.84. The van der Waals surface area contributed by atoms with E-state index >= 15 is 0 Å². The topological polar surface area (TPSA) is 152 Å². The predicted octanol–water partition coefficient (Wildman–Crippen LogP) is -2.40. The fourth-order valence-electron chi connectivity index (χ4n) is 3.11. The van der Waals surface area contributed by atoms with Gasteiger partial charge in [-0.2, -0.15) is 0 Å². The molecule has 8 nitrogen and oxygen atoms in total. The van der Waals surface area contributed by atoms with Crippen molar-refractivity contribution in [3.63, 3.8) is 0 Å². The van der Waals surface area contributed by atoms with Gasteiger partial charge in [-0.1, -0.05) is 0 Å². The molecular weight excluding hydrogens is 276 g/mol. The first kappa shape index (κ1) is 17.0. The molecule has 8 atom stereocenters. The number of aliphatic hydroxyl groups is 1. The standard InChI is InChI=1S/C13H28N4O4/c1-19-11-8(16)4-9(17)12(10(11)18)21-13-7(15)3-2-6(5-14)20-13/h6-13,18H,2-5,14-17H2,1H3/t6-,7+,8+,9-,10+,11-,12+,13+/m0/s1. The van der Waals surface area contributed by atoms with E-state index in [9.17, 15) is 5.11 Å². The summed E-state index contributed by atoms with van der Waals surface area (Å²) in [4.78, 5) is 0. The summed E-state index contributed by atoms with van der Waals surface area (Å²) < 4.78 is 16.9. The molecule has 0 aromatic heterocycles. The number of aliphatic hydroxyl groups excluding tert-OH is 1. The van der Waals surface area contributed by atoms with Crippen molar-refractivity contribution in [2.45, 2.75) is 68.1 Å². The molecule has 1 heterocycles. The van der Waals surface area contributed by atoms with Gasteiger partial charge in [0.25, 0.3) is 0 Å². The van der Waals surface area contributed by atoms with E-state index in [-0.39, 0.29) is 18.2 Å². The molecule has 1 saturated heterocycles. The molecule has 21 heavy (non-hydrogen) atoms. The predicted molar refractivity (Wildman–Crippen MR) is 77.2 cm³/mol. The Kier molecular flexibility index (Phi) is 5.92. The van der Waals surface area contributed by atoms with Crippen LogP contribution in [0.3, 0.4) is 0 Å². The largest absolute Gasteiger partial charge is 0.388 e. The third kappa shape index (κ3) is 3.72. The minimum atomic E-state index is -0.914. The van der Waals surface area contributed by atoms with Crippen molar-refractivity contribution in [2.24, 2.45) is 22.9 Å². The molecular formula is C13H28N4O4. The molecule has 8 heteroatoms. The summed E-state index contributed by atoms with van der Waals surface area (Å²) in [5.74, 6) is 0. The lowest BCUT2D eigenvalue weighted by Gasteiger charge is -2.44. The van der Waals surface area contributed by atoms with E-state index in [1.165, 1.54) is 7.11 Å². The van der Waals surface area contributed by atoms with Gasteiger partial charge in [0, 0.05) is 25.7 Å². The second kappa shape index (κ2) is 7.30. The quantitative estimate of drug-likeness (QED) is 0.385. The summed E-state index contributed by atoms with van der Waals surface area (Å²) in [5, 5.41) is 10.4. The van der Waals surface area contributed by atoms with Gasteiger partial charge < -0.3 is 42.3 Å². The lowest BCUT2D eigenvalue weighted by Crippen LogP contribution is -2.64. The first-order chi connectivity index (χ1) is 9.97. The van der Waals surface area contributed by atoms with E-state index in [0.717, 1.165) is 12.8 Å². The monoisotopic (exact) mass is 304 g/mol. The molecule has 1 aliphatic heterocycles. The summed E-state index contributed by atoms with van der Waals surface area (Å²) in [5.41, 5.74) is 23.7. The number of nitrogens with two attached hydrogens (primary N) is 4. The maximum Gasteiger partial charge on any atom is 0.173 e. The first-order valence-corrected chi connectivity index (χ1v) is 7.46. The zero-order chi connectivity index (χ0) is 15.6. The van der Waals surface area contributed by atoms with Crippen LogP contribution in [0.25, 0.3) is 0 Å². The Morgan fingerprint density at radius 1 is 1.10 bits per heavy atom. The van der Waals surface area contributed by atoms with E-state index in [4.69, 9.17) is 37.1 Å². The van der Waals surface area contributed by atoms with Crippen LogP contribution in [0.1, 0.15) is 19.3 Å². The van der Waals surface area contributed by atoms with E-state index in [2.05, 4.69) is 0 Å². The van der Waals surface area contributed by atoms with Gasteiger partial charge in [-0.3, -0.25) is 0 Å². The molecule has 2 rings (SSSR count). The van der Waals surface area contributed by atoms with Crippen LogP contribution in [0.4, 0.5) is 0 Å². The number of hydrogen-bond acceptors (Lipinski definition) is 8. The van der Waals surface area contributed by atoms with Crippen molar-refractivity contribution in [2.75, 3.05) is 13.7 Å². The molecule has 0 unspecified atom stereocenters. The Morgan fingerprint density at radius 2 is 1.76 bits per heavy atom. The third-order valence-corrected chi connectivity index (χ3v) is 4.39. The molecule has 0 amide bonds. The minimum Gasteiger partial charge on any atom is -0.388 e. The fourth-order valence-corrected chi connectivity index (χ4v) is 3.11. The molecule has 0 bridgehead atoms. The fraction of sp³-hybridized carbons (Fsp3) is 1.00. The molecule has 1 aliphatic carbocycles. The van der Waals surface area contributed by atoms with E-state index in [0.29, 0.717) is 13.0 Å². The maximum atomic E-state index is 10.4. The minimum absolute atomic E-state index is 0.0766. The lowest BCUT2D eigenvalue weighted by molar-refractivity contribution is -0.253. The highest BCUT2D eigenvalue weighted by atomic mass is 16.7. The van der Waals surface area contributed by atoms with Crippen molar-refractivity contribution in [1.29, 1.82) is 0 Å². The normalized spacial score (nSPS) is 48.3. The molecule has 124 valence electrons. The van der Waals surface area contributed by atoms with Crippen LogP contribution in [0.5, 0.6) is 0 Å². The Bertz CT molecular complexity index is 335. The van der Waals surface area contributed by atoms with Crippen LogP contribution < -0.4 is 22.9 Å². The molecule has 0 spiro atoms. The van der Waals surface area contributed by atoms with Crippen molar-refractivity contribution in [3.8, 4) is 0 Å². The average Bonchev–Trinajstić information content (AvgIpc) is 2.45. The van der Waals surface area contributed by atoms with Crippen LogP contribution in [-0.2, 0) is 14.2 Å². The molecule has 2 aliphatic rings. The molecule has 0 aromatic carbocycles. The van der Waals surface area contributed by atoms with Crippen molar-refractivity contribution in [3.05, 3.63) is 0 Å². The summed E-state index contributed by atoms with van der Waals surface area (Å²) in [6, 6.07) is -0.975. The van der Waals surface area contributed by atoms with Gasteiger partial charge in [0.2, 0.25) is 0 Å². The van der Waals surface area contributed by atoms with E-state index in [1.807, 2.05) is 0 Å². The van der Waals surface area contributed by atoms with E-state index in [1.54, 1.807) is 0 Å². The van der Waals surface area contributed by atoms with Crippen LogP contribution in [0.15, 0.2) is 0 Å². The Morgan fingerprint density at radius 3 is 2.38 bits per heavy atom. The number of hydrogen-bond donors (Lipinski definition) is 5. The van der Waals surface area contributed by atoms with Gasteiger partial charge in [0.15, 0.2) is 6.29 Å². The van der Waals surface area contributed by atoms with Gasteiger partial charge in [-0.15, -0.1) is 0 Å². The van der Waals surface area contributed by atoms with Crippen molar-refractivity contribution >= 4 is 0 Å². The molecule has 1 saturated carbocycles. The zero-order valence-electron chi connectivity index (χ0n) is 12.4. The van der Waals surface area contributed by atoms with Crippen LogP contribution in [0.2, 0.25) is 0 Å². The Balaban J connectivity index is 2.02. The Labute approximate surface area is 125 Å². The van der Waals surface area contributed by atoms with Crippen molar-refractivity contribution < 1.29 is 19.3 Å². The van der Waals surface area contributed by atoms with Crippen LogP contribution in [0, 0.1) is 0 Å². The molecule has 9 N–H and O–H groups in total. The van der Waals surface area contributed by atoms with Gasteiger partial charge >= 0.3 is 0 Å². The van der Waals surface area contributed by atoms with Gasteiger partial charge in [-0.05, 0) is 19.3 Å². The first-order valence-electron chi connectivity index (χ1n) is 7.46. The second-order valence-corrected chi connectivity index (χ2v) is 5.96. The average molecular weight is 304 g/mol. The molecule has 0 radical (unpaired) electrons. The SMILES string of the molecule is CO[C@@H]1[C@@H](O)[C@H](O[C@H]2O[C@H](CN)CC[C@H]2N)[C@@H](N)C[C@H]1N. The number of ether oxygens (including phenoxy) is 3. The summed E-state index contributed by atoms with van der Waals surface area (Å²) >= 11 is 0. The summed E-state index contributed by atoms with van der Waals surface area (Å²) in [7, 11) is 1.51. The smallest absolute Gasteiger partial charge is 0.173 e. The Hall–Kier alpha value is -0.320. The van der Waals surface area contributed by atoms with Gasteiger partial charge in [0.1, 0.15) is 18.3 Å². The summed E-state index contributed by atoms with van der Waals surface area (Å²) in [6.45, 7) is 0.414. The van der Waals surface area contributed by atoms with Gasteiger partial charge in [-0.25, -0.2) is 0 Å². The van der Waals surface area contributed by atoms with Crippen LogP contribution >= 0.6 is 0 Å². The maximum absolute atomic E-state index is 10.4. The molecule has 0 aromatic rings. The van der Waals surface area contributed by atoms with Crippen molar-refractivity contribution in [1.82, 2.24) is 0 Å². The highest BCUT2D eigenvalue weighted by Crippen LogP contribution is 2.27. The van der Waals surface area contributed by atoms with Crippen LogP contribution in [-0.4, -0.2) is 67.6 Å². The van der Waals surface area contributed by atoms with Gasteiger partial charge in [0.05, 0.1) is 12.1 Å². The highest BCUT2D eigenvalue weighted by Gasteiger charge is 2.44. The third-order valence-electron chi connectivity index (χ3n) is 4.39. The highest BCUT2D eigenvalue weighted by molar-refractivity contribution is 4.99.